The van der Waals surface area contributed by atoms with E-state index in [1.807, 2.05) is 0 Å². The fourth-order valence-corrected chi connectivity index (χ4v) is 1.91. The molecular formula is C15H14ClNO3. The number of carbonyl (C=O) groups is 1. The molecule has 0 aliphatic heterocycles. The van der Waals surface area contributed by atoms with Crippen molar-refractivity contribution in [1.29, 1.82) is 0 Å². The smallest absolute Gasteiger partial charge is 0.259 e. The number of carbonyl (C=O) groups excluding carboxylic acids is 1. The lowest BCUT2D eigenvalue weighted by atomic mass is 10.1. The zero-order chi connectivity index (χ0) is 14.5. The molecule has 2 rings (SSSR count). The molecule has 104 valence electrons. The van der Waals surface area contributed by atoms with Crippen LogP contribution in [0.1, 0.15) is 15.9 Å². The van der Waals surface area contributed by atoms with Gasteiger partial charge < -0.3 is 15.2 Å². The van der Waals surface area contributed by atoms with Crippen LogP contribution < -0.4 is 10.1 Å². The molecule has 0 radical (unpaired) electrons. The topological polar surface area (TPSA) is 58.6 Å². The highest BCUT2D eigenvalue weighted by Gasteiger charge is 2.12. The van der Waals surface area contributed by atoms with Gasteiger partial charge in [-0.2, -0.15) is 0 Å². The van der Waals surface area contributed by atoms with E-state index in [2.05, 4.69) is 5.32 Å². The minimum absolute atomic E-state index is 0.0285. The number of benzene rings is 2. The zero-order valence-electron chi connectivity index (χ0n) is 10.9. The van der Waals surface area contributed by atoms with Crippen LogP contribution in [0.15, 0.2) is 42.5 Å². The van der Waals surface area contributed by atoms with Crippen molar-refractivity contribution in [2.75, 3.05) is 12.4 Å². The minimum atomic E-state index is -0.282. The number of methoxy groups -OCH3 is 1. The number of aliphatic hydroxyl groups excluding tert-OH is 1. The number of amides is 1. The molecule has 2 aromatic rings. The third-order valence-electron chi connectivity index (χ3n) is 2.80. The fraction of sp³-hybridized carbons (Fsp3) is 0.133. The molecule has 0 aliphatic rings. The Balaban J connectivity index is 2.19. The first-order valence-corrected chi connectivity index (χ1v) is 6.36. The van der Waals surface area contributed by atoms with Gasteiger partial charge in [0.1, 0.15) is 5.75 Å². The molecule has 0 spiro atoms. The summed E-state index contributed by atoms with van der Waals surface area (Å²) >= 11 is 5.86. The van der Waals surface area contributed by atoms with E-state index in [9.17, 15) is 4.79 Å². The van der Waals surface area contributed by atoms with Crippen molar-refractivity contribution in [3.63, 3.8) is 0 Å². The molecule has 0 saturated heterocycles. The number of hydrogen-bond donors (Lipinski definition) is 2. The summed E-state index contributed by atoms with van der Waals surface area (Å²) in [6.07, 6.45) is 0. The maximum Gasteiger partial charge on any atom is 0.259 e. The molecule has 2 aromatic carbocycles. The summed E-state index contributed by atoms with van der Waals surface area (Å²) in [4.78, 5) is 12.2. The van der Waals surface area contributed by atoms with Crippen molar-refractivity contribution in [3.05, 3.63) is 58.6 Å². The Kier molecular flexibility index (Phi) is 4.61. The number of ether oxygens (including phenoxy) is 1. The largest absolute Gasteiger partial charge is 0.496 e. The molecular weight excluding hydrogens is 278 g/mol. The maximum atomic E-state index is 12.2. The van der Waals surface area contributed by atoms with Gasteiger partial charge in [0.25, 0.3) is 5.91 Å². The second-order valence-electron chi connectivity index (χ2n) is 4.15. The van der Waals surface area contributed by atoms with Gasteiger partial charge in [-0.25, -0.2) is 0 Å². The number of hydrogen-bond acceptors (Lipinski definition) is 3. The zero-order valence-corrected chi connectivity index (χ0v) is 11.6. The molecule has 0 atom stereocenters. The van der Waals surface area contributed by atoms with Crippen molar-refractivity contribution >= 4 is 23.2 Å². The van der Waals surface area contributed by atoms with Gasteiger partial charge in [0.2, 0.25) is 0 Å². The van der Waals surface area contributed by atoms with E-state index in [1.54, 1.807) is 42.5 Å². The van der Waals surface area contributed by atoms with Crippen LogP contribution in [-0.2, 0) is 6.61 Å². The molecule has 0 heterocycles. The quantitative estimate of drug-likeness (QED) is 0.910. The van der Waals surface area contributed by atoms with E-state index in [4.69, 9.17) is 21.4 Å². The molecule has 1 amide bonds. The van der Waals surface area contributed by atoms with E-state index >= 15 is 0 Å². The first-order valence-electron chi connectivity index (χ1n) is 5.98. The van der Waals surface area contributed by atoms with Gasteiger partial charge in [-0.1, -0.05) is 23.7 Å². The normalized spacial score (nSPS) is 10.2. The standard InChI is InChI=1S/C15H14ClNO3/c1-20-14-8-11(16)4-7-13(14)15(19)17-12-5-2-10(9-18)3-6-12/h2-8,18H,9H2,1H3,(H,17,19). The average Bonchev–Trinajstić information content (AvgIpc) is 2.47. The predicted molar refractivity (Wildman–Crippen MR) is 78.3 cm³/mol. The van der Waals surface area contributed by atoms with Gasteiger partial charge in [-0.05, 0) is 35.9 Å². The van der Waals surface area contributed by atoms with Gasteiger partial charge in [-0.3, -0.25) is 4.79 Å². The van der Waals surface area contributed by atoms with Crippen LogP contribution in [0.4, 0.5) is 5.69 Å². The summed E-state index contributed by atoms with van der Waals surface area (Å²) in [5.41, 5.74) is 1.83. The number of nitrogens with one attached hydrogen (secondary N) is 1. The fourth-order valence-electron chi connectivity index (χ4n) is 1.74. The highest BCUT2D eigenvalue weighted by molar-refractivity contribution is 6.31. The van der Waals surface area contributed by atoms with Crippen LogP contribution in [0, 0.1) is 0 Å². The Morgan fingerprint density at radius 2 is 1.95 bits per heavy atom. The van der Waals surface area contributed by atoms with Crippen LogP contribution >= 0.6 is 11.6 Å². The Bertz CT molecular complexity index is 611. The third kappa shape index (κ3) is 3.29. The molecule has 2 N–H and O–H groups in total. The van der Waals surface area contributed by atoms with Crippen molar-refractivity contribution in [3.8, 4) is 5.75 Å². The molecule has 20 heavy (non-hydrogen) atoms. The number of aliphatic hydroxyl groups is 1. The Morgan fingerprint density at radius 1 is 1.25 bits per heavy atom. The van der Waals surface area contributed by atoms with Gasteiger partial charge in [-0.15, -0.1) is 0 Å². The number of rotatable bonds is 4. The van der Waals surface area contributed by atoms with Crippen molar-refractivity contribution in [2.45, 2.75) is 6.61 Å². The predicted octanol–water partition coefficient (Wildman–Crippen LogP) is 3.09. The van der Waals surface area contributed by atoms with Crippen molar-refractivity contribution < 1.29 is 14.6 Å². The molecule has 5 heteroatoms. The van der Waals surface area contributed by atoms with Gasteiger partial charge >= 0.3 is 0 Å². The van der Waals surface area contributed by atoms with E-state index in [0.717, 1.165) is 5.56 Å². The van der Waals surface area contributed by atoms with E-state index in [-0.39, 0.29) is 12.5 Å². The van der Waals surface area contributed by atoms with E-state index < -0.39 is 0 Å². The molecule has 0 saturated carbocycles. The van der Waals surface area contributed by atoms with Crippen molar-refractivity contribution in [2.24, 2.45) is 0 Å². The molecule has 0 fully saturated rings. The lowest BCUT2D eigenvalue weighted by Gasteiger charge is -2.10. The minimum Gasteiger partial charge on any atom is -0.496 e. The summed E-state index contributed by atoms with van der Waals surface area (Å²) in [6.45, 7) is -0.0285. The number of halogens is 1. The van der Waals surface area contributed by atoms with Gasteiger partial charge in [0.15, 0.2) is 0 Å². The monoisotopic (exact) mass is 291 g/mol. The average molecular weight is 292 g/mol. The summed E-state index contributed by atoms with van der Waals surface area (Å²) < 4.78 is 5.14. The SMILES string of the molecule is COc1cc(Cl)ccc1C(=O)Nc1ccc(CO)cc1. The number of anilines is 1. The summed E-state index contributed by atoms with van der Waals surface area (Å²) in [5.74, 6) is 0.136. The summed E-state index contributed by atoms with van der Waals surface area (Å²) in [5, 5.41) is 12.2. The lowest BCUT2D eigenvalue weighted by Crippen LogP contribution is -2.13. The third-order valence-corrected chi connectivity index (χ3v) is 3.04. The van der Waals surface area contributed by atoms with Crippen LogP contribution in [-0.4, -0.2) is 18.1 Å². The van der Waals surface area contributed by atoms with Crippen LogP contribution in [0.2, 0.25) is 5.02 Å². The first kappa shape index (κ1) is 14.4. The maximum absolute atomic E-state index is 12.2. The van der Waals surface area contributed by atoms with Crippen LogP contribution in [0.3, 0.4) is 0 Å². The Hall–Kier alpha value is -2.04. The lowest BCUT2D eigenvalue weighted by molar-refractivity contribution is 0.102. The second-order valence-corrected chi connectivity index (χ2v) is 4.59. The Morgan fingerprint density at radius 3 is 2.55 bits per heavy atom. The van der Waals surface area contributed by atoms with Gasteiger partial charge in [0, 0.05) is 10.7 Å². The summed E-state index contributed by atoms with van der Waals surface area (Å²) in [6, 6.07) is 11.8. The molecule has 4 nitrogen and oxygen atoms in total. The highest BCUT2D eigenvalue weighted by atomic mass is 35.5. The van der Waals surface area contributed by atoms with E-state index in [1.165, 1.54) is 7.11 Å². The highest BCUT2D eigenvalue weighted by Crippen LogP contribution is 2.24. The molecule has 0 aromatic heterocycles. The van der Waals surface area contributed by atoms with Crippen molar-refractivity contribution in [1.82, 2.24) is 0 Å². The second kappa shape index (κ2) is 6.41. The Labute approximate surface area is 122 Å². The van der Waals surface area contributed by atoms with Crippen LogP contribution in [0.5, 0.6) is 5.75 Å². The molecule has 0 aliphatic carbocycles. The first-order chi connectivity index (χ1) is 9.63. The van der Waals surface area contributed by atoms with Gasteiger partial charge in [0.05, 0.1) is 19.3 Å². The summed E-state index contributed by atoms with van der Waals surface area (Å²) in [7, 11) is 1.48. The molecule has 0 bridgehead atoms. The van der Waals surface area contributed by atoms with E-state index in [0.29, 0.717) is 22.0 Å². The molecule has 0 unspecified atom stereocenters. The van der Waals surface area contributed by atoms with Crippen LogP contribution in [0.25, 0.3) is 0 Å².